The topological polar surface area (TPSA) is 91.4 Å². The van der Waals surface area contributed by atoms with Gasteiger partial charge in [0.05, 0.1) is 10.7 Å². The molecule has 0 radical (unpaired) electrons. The average Bonchev–Trinajstić information content (AvgIpc) is 3.26. The number of aryl methyl sites for hydroxylation is 3. The Morgan fingerprint density at radius 2 is 2.03 bits per heavy atom. The van der Waals surface area contributed by atoms with E-state index in [4.69, 9.17) is 4.98 Å². The van der Waals surface area contributed by atoms with Gasteiger partial charge in [0, 0.05) is 17.8 Å². The van der Waals surface area contributed by atoms with Crippen LogP contribution in [0.2, 0.25) is 0 Å². The Kier molecular flexibility index (Phi) is 6.41. The van der Waals surface area contributed by atoms with E-state index in [1.54, 1.807) is 11.3 Å². The molecule has 2 N–H and O–H groups in total. The Bertz CT molecular complexity index is 790. The molecule has 0 bridgehead atoms. The van der Waals surface area contributed by atoms with Crippen molar-refractivity contribution in [3.8, 4) is 0 Å². The molecular weight excluding hydrogens is 400 g/mol. The van der Waals surface area contributed by atoms with Gasteiger partial charge in [-0.3, -0.25) is 14.5 Å². The molecule has 2 fully saturated rings. The lowest BCUT2D eigenvalue weighted by Gasteiger charge is -2.34. The fraction of sp³-hybridized carbons (Fsp3) is 0.727. The predicted molar refractivity (Wildman–Crippen MR) is 115 cm³/mol. The Labute approximate surface area is 182 Å². The number of carbonyl (C=O) groups excluding carboxylic acids is 3. The number of aromatic nitrogens is 1. The number of rotatable bonds is 7. The van der Waals surface area contributed by atoms with Gasteiger partial charge in [-0.2, -0.15) is 0 Å². The van der Waals surface area contributed by atoms with Crippen LogP contribution in [0.5, 0.6) is 0 Å². The number of nitrogens with one attached hydrogen (secondary N) is 2. The molecular formula is C22H32N4O3S. The summed E-state index contributed by atoms with van der Waals surface area (Å²) in [5, 5.41) is 6.88. The molecule has 1 aromatic heterocycles. The minimum Gasteiger partial charge on any atom is -0.355 e. The Morgan fingerprint density at radius 1 is 1.27 bits per heavy atom. The lowest BCUT2D eigenvalue weighted by molar-refractivity contribution is -0.136. The standard InChI is InChI=1S/C22H32N4O3S/c1-2-15-9-11-22(12-10-15)20(28)26(21(29)25-22)14-18(27)23-13-5-8-19-24-16-6-3-4-7-17(16)30-19/h15H,2-14H2,1H3,(H,23,27)(H,25,29). The fourth-order valence-electron chi connectivity index (χ4n) is 4.92. The Hall–Kier alpha value is -1.96. The van der Waals surface area contributed by atoms with E-state index in [1.165, 1.54) is 23.4 Å². The zero-order valence-corrected chi connectivity index (χ0v) is 18.6. The zero-order valence-electron chi connectivity index (χ0n) is 17.8. The lowest BCUT2D eigenvalue weighted by Crippen LogP contribution is -2.50. The Balaban J connectivity index is 1.21. The van der Waals surface area contributed by atoms with Gasteiger partial charge in [-0.15, -0.1) is 11.3 Å². The summed E-state index contributed by atoms with van der Waals surface area (Å²) in [6.45, 7) is 2.49. The molecule has 2 aliphatic carbocycles. The molecule has 0 unspecified atom stereocenters. The van der Waals surface area contributed by atoms with E-state index in [9.17, 15) is 14.4 Å². The van der Waals surface area contributed by atoms with Crippen molar-refractivity contribution in [1.29, 1.82) is 0 Å². The second-order valence-corrected chi connectivity index (χ2v) is 10.1. The molecule has 4 rings (SSSR count). The summed E-state index contributed by atoms with van der Waals surface area (Å²) in [6, 6.07) is -0.432. The maximum Gasteiger partial charge on any atom is 0.325 e. The lowest BCUT2D eigenvalue weighted by atomic mass is 9.75. The van der Waals surface area contributed by atoms with E-state index in [-0.39, 0.29) is 18.4 Å². The summed E-state index contributed by atoms with van der Waals surface area (Å²) >= 11 is 1.81. The largest absolute Gasteiger partial charge is 0.355 e. The highest BCUT2D eigenvalue weighted by Crippen LogP contribution is 2.37. The van der Waals surface area contributed by atoms with Crippen LogP contribution in [0.4, 0.5) is 4.79 Å². The summed E-state index contributed by atoms with van der Waals surface area (Å²) in [5.74, 6) is 0.114. The van der Waals surface area contributed by atoms with Gasteiger partial charge in [-0.05, 0) is 63.7 Å². The van der Waals surface area contributed by atoms with Crippen molar-refractivity contribution in [3.63, 3.8) is 0 Å². The molecule has 4 amide bonds. The molecule has 30 heavy (non-hydrogen) atoms. The predicted octanol–water partition coefficient (Wildman–Crippen LogP) is 2.96. The number of nitrogens with zero attached hydrogens (tertiary/aromatic N) is 2. The van der Waals surface area contributed by atoms with E-state index < -0.39 is 11.6 Å². The second-order valence-electron chi connectivity index (χ2n) is 8.89. The minimum absolute atomic E-state index is 0.199. The van der Waals surface area contributed by atoms with Gasteiger partial charge < -0.3 is 10.6 Å². The second kappa shape index (κ2) is 9.04. The van der Waals surface area contributed by atoms with Gasteiger partial charge in [0.25, 0.3) is 5.91 Å². The van der Waals surface area contributed by atoms with Crippen molar-refractivity contribution < 1.29 is 14.4 Å². The normalized spacial score (nSPS) is 26.0. The van der Waals surface area contributed by atoms with Gasteiger partial charge >= 0.3 is 6.03 Å². The molecule has 2 heterocycles. The van der Waals surface area contributed by atoms with E-state index in [2.05, 4.69) is 17.6 Å². The summed E-state index contributed by atoms with van der Waals surface area (Å²) in [6.07, 6.45) is 10.7. The molecule has 1 aliphatic heterocycles. The number of urea groups is 1. The van der Waals surface area contributed by atoms with Crippen molar-refractivity contribution in [2.24, 2.45) is 5.92 Å². The van der Waals surface area contributed by atoms with Crippen LogP contribution in [-0.4, -0.2) is 46.4 Å². The minimum atomic E-state index is -0.785. The first kappa shape index (κ1) is 21.3. The first-order valence-electron chi connectivity index (χ1n) is 11.4. The average molecular weight is 433 g/mol. The quantitative estimate of drug-likeness (QED) is 0.512. The number of hydrogen-bond acceptors (Lipinski definition) is 5. The van der Waals surface area contributed by atoms with Gasteiger partial charge in [0.15, 0.2) is 0 Å². The third-order valence-electron chi connectivity index (χ3n) is 6.86. The van der Waals surface area contributed by atoms with Crippen molar-refractivity contribution in [3.05, 3.63) is 15.6 Å². The van der Waals surface area contributed by atoms with E-state index in [1.807, 2.05) is 0 Å². The molecule has 7 nitrogen and oxygen atoms in total. The molecule has 1 spiro atoms. The fourth-order valence-corrected chi connectivity index (χ4v) is 6.12. The van der Waals surface area contributed by atoms with E-state index >= 15 is 0 Å². The first-order chi connectivity index (χ1) is 14.5. The summed E-state index contributed by atoms with van der Waals surface area (Å²) in [5.41, 5.74) is 0.484. The summed E-state index contributed by atoms with van der Waals surface area (Å²) < 4.78 is 0. The van der Waals surface area contributed by atoms with Crippen LogP contribution in [-0.2, 0) is 28.9 Å². The molecule has 0 aromatic carbocycles. The van der Waals surface area contributed by atoms with Gasteiger partial charge in [0.1, 0.15) is 12.1 Å². The molecule has 0 atom stereocenters. The molecule has 164 valence electrons. The van der Waals surface area contributed by atoms with Crippen molar-refractivity contribution in [1.82, 2.24) is 20.5 Å². The van der Waals surface area contributed by atoms with Gasteiger partial charge in [-0.25, -0.2) is 9.78 Å². The molecule has 8 heteroatoms. The number of thiazole rings is 1. The third kappa shape index (κ3) is 4.38. The molecule has 1 aromatic rings. The zero-order chi connectivity index (χ0) is 21.1. The van der Waals surface area contributed by atoms with Crippen molar-refractivity contribution >= 4 is 29.2 Å². The van der Waals surface area contributed by atoms with Gasteiger partial charge in [0.2, 0.25) is 5.91 Å². The van der Waals surface area contributed by atoms with Crippen LogP contribution >= 0.6 is 11.3 Å². The van der Waals surface area contributed by atoms with Crippen LogP contribution in [0.15, 0.2) is 0 Å². The van der Waals surface area contributed by atoms with Crippen LogP contribution in [0.3, 0.4) is 0 Å². The number of fused-ring (bicyclic) bond motifs is 1. The number of amides is 4. The highest BCUT2D eigenvalue weighted by Gasteiger charge is 2.52. The first-order valence-corrected chi connectivity index (χ1v) is 12.2. The summed E-state index contributed by atoms with van der Waals surface area (Å²) in [4.78, 5) is 44.8. The monoisotopic (exact) mass is 432 g/mol. The Morgan fingerprint density at radius 3 is 2.77 bits per heavy atom. The van der Waals surface area contributed by atoms with Crippen LogP contribution in [0.1, 0.15) is 73.9 Å². The van der Waals surface area contributed by atoms with Crippen LogP contribution in [0, 0.1) is 5.92 Å². The highest BCUT2D eigenvalue weighted by atomic mass is 32.1. The van der Waals surface area contributed by atoms with Gasteiger partial charge in [-0.1, -0.05) is 13.3 Å². The third-order valence-corrected chi connectivity index (χ3v) is 8.08. The smallest absolute Gasteiger partial charge is 0.325 e. The van der Waals surface area contributed by atoms with E-state index in [0.29, 0.717) is 25.3 Å². The van der Waals surface area contributed by atoms with Crippen molar-refractivity contribution in [2.75, 3.05) is 13.1 Å². The van der Waals surface area contributed by atoms with Crippen molar-refractivity contribution in [2.45, 2.75) is 83.1 Å². The molecule has 1 saturated heterocycles. The number of imide groups is 1. The van der Waals surface area contributed by atoms with E-state index in [0.717, 1.165) is 54.9 Å². The SMILES string of the molecule is CCC1CCC2(CC1)NC(=O)N(CC(=O)NCCCc1nc3c(s1)CCCC3)C2=O. The maximum absolute atomic E-state index is 12.9. The molecule has 3 aliphatic rings. The number of hydrogen-bond donors (Lipinski definition) is 2. The maximum atomic E-state index is 12.9. The molecule has 1 saturated carbocycles. The van der Waals surface area contributed by atoms with Crippen LogP contribution < -0.4 is 10.6 Å². The van der Waals surface area contributed by atoms with Crippen LogP contribution in [0.25, 0.3) is 0 Å². The number of carbonyl (C=O) groups is 3. The highest BCUT2D eigenvalue weighted by molar-refractivity contribution is 7.11. The summed E-state index contributed by atoms with van der Waals surface area (Å²) in [7, 11) is 0.